The van der Waals surface area contributed by atoms with Gasteiger partial charge < -0.3 is 9.73 Å². The molecule has 1 N–H and O–H groups in total. The molecule has 2 heterocycles. The first-order valence-corrected chi connectivity index (χ1v) is 11.8. The number of piperidine rings is 1. The number of para-hydroxylation sites is 2. The average Bonchev–Trinajstić information content (AvgIpc) is 3.20. The summed E-state index contributed by atoms with van der Waals surface area (Å²) in [5, 5.41) is 3.88. The van der Waals surface area contributed by atoms with Gasteiger partial charge in [0.25, 0.3) is 11.1 Å². The van der Waals surface area contributed by atoms with E-state index in [9.17, 15) is 4.79 Å². The molecule has 1 aliphatic rings. The lowest BCUT2D eigenvalue weighted by Crippen LogP contribution is -2.44. The van der Waals surface area contributed by atoms with E-state index in [1.165, 1.54) is 17.3 Å². The number of allylic oxidation sites excluding steroid dienone is 1. The van der Waals surface area contributed by atoms with Crippen molar-refractivity contribution in [3.8, 4) is 0 Å². The predicted molar refractivity (Wildman–Crippen MR) is 126 cm³/mol. The van der Waals surface area contributed by atoms with Gasteiger partial charge in [0, 0.05) is 37.0 Å². The minimum absolute atomic E-state index is 0.0107. The number of aromatic nitrogens is 1. The highest BCUT2D eigenvalue weighted by atomic mass is 32.2. The van der Waals surface area contributed by atoms with Crippen LogP contribution in [0.15, 0.2) is 69.8 Å². The third-order valence-corrected chi connectivity index (χ3v) is 6.44. The number of carbonyl (C=O) groups excluding carboxylic acids is 1. The standard InChI is InChI=1S/C25H29N3O2S/c1-18(2)11-14-28-15-12-20(13-16-28)26-24(29)21-8-4-3-7-19(21)17-31-25-27-22-9-5-6-10-23(22)30-25/h3-11,20H,12-17H2,1-2H3,(H,26,29). The molecule has 4 rings (SSSR count). The first-order valence-electron chi connectivity index (χ1n) is 10.8. The third kappa shape index (κ3) is 5.77. The molecule has 1 amide bonds. The molecule has 2 aromatic carbocycles. The van der Waals surface area contributed by atoms with Crippen molar-refractivity contribution in [3.05, 3.63) is 71.3 Å². The quantitative estimate of drug-likeness (QED) is 0.404. The Hall–Kier alpha value is -2.57. The lowest BCUT2D eigenvalue weighted by atomic mass is 10.0. The summed E-state index contributed by atoms with van der Waals surface area (Å²) in [6.07, 6.45) is 4.24. The molecule has 0 unspecified atom stereocenters. The van der Waals surface area contributed by atoms with Crippen molar-refractivity contribution in [1.82, 2.24) is 15.2 Å². The molecule has 3 aromatic rings. The minimum atomic E-state index is 0.0107. The van der Waals surface area contributed by atoms with Gasteiger partial charge in [-0.05, 0) is 50.5 Å². The maximum absolute atomic E-state index is 13.0. The van der Waals surface area contributed by atoms with Gasteiger partial charge in [-0.1, -0.05) is 53.7 Å². The Bertz CT molecular complexity index is 1030. The topological polar surface area (TPSA) is 58.4 Å². The molecule has 0 bridgehead atoms. The fraction of sp³-hybridized carbons (Fsp3) is 0.360. The lowest BCUT2D eigenvalue weighted by molar-refractivity contribution is 0.0913. The highest BCUT2D eigenvalue weighted by molar-refractivity contribution is 7.98. The van der Waals surface area contributed by atoms with Crippen LogP contribution in [-0.2, 0) is 5.75 Å². The number of amides is 1. The summed E-state index contributed by atoms with van der Waals surface area (Å²) in [6.45, 7) is 7.30. The summed E-state index contributed by atoms with van der Waals surface area (Å²) in [5.41, 5.74) is 4.72. The van der Waals surface area contributed by atoms with Gasteiger partial charge in [-0.15, -0.1) is 0 Å². The second kappa shape index (κ2) is 10.2. The maximum atomic E-state index is 13.0. The number of likely N-dealkylation sites (tertiary alicyclic amines) is 1. The molecular weight excluding hydrogens is 406 g/mol. The Morgan fingerprint density at radius 3 is 2.68 bits per heavy atom. The predicted octanol–water partition coefficient (Wildman–Crippen LogP) is 5.28. The van der Waals surface area contributed by atoms with Gasteiger partial charge in [0.1, 0.15) is 5.52 Å². The number of oxazole rings is 1. The van der Waals surface area contributed by atoms with Crippen LogP contribution >= 0.6 is 11.8 Å². The van der Waals surface area contributed by atoms with Crippen LogP contribution in [0.2, 0.25) is 0 Å². The van der Waals surface area contributed by atoms with Gasteiger partial charge >= 0.3 is 0 Å². The minimum Gasteiger partial charge on any atom is -0.431 e. The molecule has 31 heavy (non-hydrogen) atoms. The van der Waals surface area contributed by atoms with E-state index < -0.39 is 0 Å². The Kier molecular flexibility index (Phi) is 7.10. The number of fused-ring (bicyclic) bond motifs is 1. The van der Waals surface area contributed by atoms with Gasteiger partial charge in [0.15, 0.2) is 5.58 Å². The van der Waals surface area contributed by atoms with E-state index in [-0.39, 0.29) is 11.9 Å². The van der Waals surface area contributed by atoms with E-state index in [2.05, 4.69) is 35.1 Å². The van der Waals surface area contributed by atoms with Gasteiger partial charge in [-0.25, -0.2) is 4.98 Å². The Morgan fingerprint density at radius 1 is 1.16 bits per heavy atom. The molecule has 0 spiro atoms. The summed E-state index contributed by atoms with van der Waals surface area (Å²) < 4.78 is 5.80. The third-order valence-electron chi connectivity index (χ3n) is 5.57. The Labute approximate surface area is 187 Å². The average molecular weight is 436 g/mol. The molecule has 1 saturated heterocycles. The van der Waals surface area contributed by atoms with E-state index >= 15 is 0 Å². The molecule has 0 saturated carbocycles. The summed E-state index contributed by atoms with van der Waals surface area (Å²) in [5.74, 6) is 0.647. The zero-order valence-corrected chi connectivity index (χ0v) is 19.0. The molecule has 0 aliphatic carbocycles. The Balaban J connectivity index is 1.34. The van der Waals surface area contributed by atoms with Crippen LogP contribution in [-0.4, -0.2) is 41.5 Å². The van der Waals surface area contributed by atoms with Crippen molar-refractivity contribution in [2.24, 2.45) is 0 Å². The largest absolute Gasteiger partial charge is 0.431 e. The number of rotatable bonds is 7. The van der Waals surface area contributed by atoms with Crippen LogP contribution in [0.4, 0.5) is 0 Å². The van der Waals surface area contributed by atoms with Gasteiger partial charge in [0.2, 0.25) is 0 Å². The highest BCUT2D eigenvalue weighted by Gasteiger charge is 2.21. The molecule has 6 heteroatoms. The second-order valence-electron chi connectivity index (χ2n) is 8.22. The number of nitrogens with zero attached hydrogens (tertiary/aromatic N) is 2. The van der Waals surface area contributed by atoms with E-state index in [4.69, 9.17) is 4.42 Å². The van der Waals surface area contributed by atoms with Crippen molar-refractivity contribution < 1.29 is 9.21 Å². The van der Waals surface area contributed by atoms with Crippen LogP contribution in [0.5, 0.6) is 0 Å². The lowest BCUT2D eigenvalue weighted by Gasteiger charge is -2.31. The Morgan fingerprint density at radius 2 is 1.90 bits per heavy atom. The number of nitrogens with one attached hydrogen (secondary N) is 1. The first kappa shape index (κ1) is 21.7. The summed E-state index contributed by atoms with van der Waals surface area (Å²) in [4.78, 5) is 20.0. The number of benzene rings is 2. The number of thioether (sulfide) groups is 1. The van der Waals surface area contributed by atoms with Crippen molar-refractivity contribution in [3.63, 3.8) is 0 Å². The molecule has 162 valence electrons. The highest BCUT2D eigenvalue weighted by Crippen LogP contribution is 2.27. The number of hydrogen-bond acceptors (Lipinski definition) is 5. The van der Waals surface area contributed by atoms with Gasteiger partial charge in [-0.3, -0.25) is 9.69 Å². The fourth-order valence-corrected chi connectivity index (χ4v) is 4.60. The van der Waals surface area contributed by atoms with E-state index in [0.717, 1.165) is 54.7 Å². The van der Waals surface area contributed by atoms with Crippen LogP contribution in [0.25, 0.3) is 11.1 Å². The SMILES string of the molecule is CC(C)=CCN1CCC(NC(=O)c2ccccc2CSc2nc3ccccc3o2)CC1. The van der Waals surface area contributed by atoms with Crippen molar-refractivity contribution in [1.29, 1.82) is 0 Å². The van der Waals surface area contributed by atoms with Crippen LogP contribution in [0.3, 0.4) is 0 Å². The first-order chi connectivity index (χ1) is 15.1. The molecule has 1 aromatic heterocycles. The summed E-state index contributed by atoms with van der Waals surface area (Å²) in [7, 11) is 0. The molecule has 5 nitrogen and oxygen atoms in total. The van der Waals surface area contributed by atoms with Crippen LogP contribution < -0.4 is 5.32 Å². The van der Waals surface area contributed by atoms with Crippen LogP contribution in [0.1, 0.15) is 42.6 Å². The van der Waals surface area contributed by atoms with E-state index in [1.807, 2.05) is 48.5 Å². The van der Waals surface area contributed by atoms with E-state index in [1.54, 1.807) is 0 Å². The maximum Gasteiger partial charge on any atom is 0.257 e. The van der Waals surface area contributed by atoms with Gasteiger partial charge in [-0.2, -0.15) is 0 Å². The monoisotopic (exact) mass is 435 g/mol. The zero-order valence-electron chi connectivity index (χ0n) is 18.1. The molecular formula is C25H29N3O2S. The fourth-order valence-electron chi connectivity index (χ4n) is 3.75. The smallest absolute Gasteiger partial charge is 0.257 e. The summed E-state index contributed by atoms with van der Waals surface area (Å²) in [6, 6.07) is 15.8. The van der Waals surface area contributed by atoms with Crippen LogP contribution in [0, 0.1) is 0 Å². The van der Waals surface area contributed by atoms with Gasteiger partial charge in [0.05, 0.1) is 0 Å². The van der Waals surface area contributed by atoms with Crippen molar-refractivity contribution in [2.75, 3.05) is 19.6 Å². The number of hydrogen-bond donors (Lipinski definition) is 1. The zero-order chi connectivity index (χ0) is 21.6. The molecule has 1 fully saturated rings. The molecule has 0 atom stereocenters. The summed E-state index contributed by atoms with van der Waals surface area (Å²) >= 11 is 1.52. The molecule has 1 aliphatic heterocycles. The normalized spacial score (nSPS) is 15.2. The molecule has 0 radical (unpaired) electrons. The van der Waals surface area contributed by atoms with Crippen molar-refractivity contribution >= 4 is 28.8 Å². The van der Waals surface area contributed by atoms with E-state index in [0.29, 0.717) is 11.0 Å². The van der Waals surface area contributed by atoms with Crippen molar-refractivity contribution in [2.45, 2.75) is 43.7 Å². The number of carbonyl (C=O) groups is 1. The second-order valence-corrected chi connectivity index (χ2v) is 9.15.